The largest absolute Gasteiger partial charge is 0.348 e. The smallest absolute Gasteiger partial charge is 0.227 e. The maximum Gasteiger partial charge on any atom is 0.227 e. The summed E-state index contributed by atoms with van der Waals surface area (Å²) >= 11 is 1.65. The van der Waals surface area contributed by atoms with Crippen LogP contribution in [0.5, 0.6) is 0 Å². The van der Waals surface area contributed by atoms with Crippen molar-refractivity contribution in [2.24, 2.45) is 11.1 Å². The number of thiophene rings is 1. The summed E-state index contributed by atoms with van der Waals surface area (Å²) < 4.78 is 0. The lowest BCUT2D eigenvalue weighted by Gasteiger charge is -2.23. The topological polar surface area (TPSA) is 55.1 Å². The van der Waals surface area contributed by atoms with E-state index in [0.717, 1.165) is 4.88 Å². The molecule has 1 amide bonds. The molecule has 1 atom stereocenters. The molecule has 84 valence electrons. The van der Waals surface area contributed by atoms with Crippen LogP contribution in [0.15, 0.2) is 17.5 Å². The van der Waals surface area contributed by atoms with Gasteiger partial charge in [0, 0.05) is 11.4 Å². The van der Waals surface area contributed by atoms with Crippen molar-refractivity contribution in [3.63, 3.8) is 0 Å². The lowest BCUT2D eigenvalue weighted by molar-refractivity contribution is -0.129. The predicted molar refractivity (Wildman–Crippen MR) is 63.7 cm³/mol. The molecule has 0 aliphatic carbocycles. The van der Waals surface area contributed by atoms with Gasteiger partial charge in [0.05, 0.1) is 11.5 Å². The van der Waals surface area contributed by atoms with Gasteiger partial charge >= 0.3 is 0 Å². The van der Waals surface area contributed by atoms with E-state index in [1.807, 2.05) is 38.3 Å². The summed E-state index contributed by atoms with van der Waals surface area (Å²) in [6.07, 6.45) is 0. The summed E-state index contributed by atoms with van der Waals surface area (Å²) in [5.74, 6) is 0.00546. The van der Waals surface area contributed by atoms with Crippen LogP contribution in [0.3, 0.4) is 0 Å². The average molecular weight is 226 g/mol. The van der Waals surface area contributed by atoms with Crippen LogP contribution in [-0.2, 0) is 4.79 Å². The summed E-state index contributed by atoms with van der Waals surface area (Å²) in [7, 11) is 0. The van der Waals surface area contributed by atoms with Crippen molar-refractivity contribution < 1.29 is 4.79 Å². The zero-order chi connectivity index (χ0) is 11.5. The van der Waals surface area contributed by atoms with E-state index in [1.54, 1.807) is 11.3 Å². The minimum Gasteiger partial charge on any atom is -0.348 e. The monoisotopic (exact) mass is 226 g/mol. The molecular weight excluding hydrogens is 208 g/mol. The zero-order valence-corrected chi connectivity index (χ0v) is 10.2. The molecule has 0 aromatic carbocycles. The first-order valence-electron chi connectivity index (χ1n) is 5.02. The van der Waals surface area contributed by atoms with E-state index in [1.165, 1.54) is 0 Å². The molecule has 15 heavy (non-hydrogen) atoms. The van der Waals surface area contributed by atoms with Crippen molar-refractivity contribution in [3.05, 3.63) is 22.4 Å². The molecule has 1 aromatic rings. The molecule has 0 fully saturated rings. The Kier molecular flexibility index (Phi) is 3.88. The third-order valence-electron chi connectivity index (χ3n) is 2.44. The van der Waals surface area contributed by atoms with E-state index in [9.17, 15) is 4.79 Å². The van der Waals surface area contributed by atoms with Gasteiger partial charge in [-0.1, -0.05) is 6.07 Å². The molecule has 4 heteroatoms. The first-order chi connectivity index (χ1) is 6.97. The van der Waals surface area contributed by atoms with Gasteiger partial charge in [0.1, 0.15) is 0 Å². The summed E-state index contributed by atoms with van der Waals surface area (Å²) in [5.41, 5.74) is 5.05. The molecular formula is C11H18N2OS. The second-order valence-corrected chi connectivity index (χ2v) is 5.28. The number of carbonyl (C=O) groups is 1. The molecule has 0 aliphatic rings. The fourth-order valence-corrected chi connectivity index (χ4v) is 1.83. The predicted octanol–water partition coefficient (Wildman–Crippen LogP) is 1.91. The van der Waals surface area contributed by atoms with E-state index in [2.05, 4.69) is 5.32 Å². The number of nitrogens with two attached hydrogens (primary N) is 1. The van der Waals surface area contributed by atoms with Crippen LogP contribution in [-0.4, -0.2) is 12.5 Å². The Morgan fingerprint density at radius 3 is 2.80 bits per heavy atom. The Labute approximate surface area is 94.7 Å². The first kappa shape index (κ1) is 12.2. The number of hydrogen-bond acceptors (Lipinski definition) is 3. The van der Waals surface area contributed by atoms with Gasteiger partial charge in [0.15, 0.2) is 0 Å². The van der Waals surface area contributed by atoms with Gasteiger partial charge in [-0.15, -0.1) is 11.3 Å². The molecule has 0 unspecified atom stereocenters. The van der Waals surface area contributed by atoms with Gasteiger partial charge in [-0.25, -0.2) is 0 Å². The van der Waals surface area contributed by atoms with Crippen molar-refractivity contribution >= 4 is 17.2 Å². The van der Waals surface area contributed by atoms with Crippen LogP contribution >= 0.6 is 11.3 Å². The molecule has 0 bridgehead atoms. The van der Waals surface area contributed by atoms with Gasteiger partial charge in [0.25, 0.3) is 0 Å². The van der Waals surface area contributed by atoms with Crippen molar-refractivity contribution in [1.29, 1.82) is 0 Å². The van der Waals surface area contributed by atoms with Crippen molar-refractivity contribution in [1.82, 2.24) is 5.32 Å². The number of carbonyl (C=O) groups excluding carboxylic acids is 1. The summed E-state index contributed by atoms with van der Waals surface area (Å²) in [6, 6.07) is 4.06. The van der Waals surface area contributed by atoms with E-state index >= 15 is 0 Å². The van der Waals surface area contributed by atoms with Crippen LogP contribution in [0.25, 0.3) is 0 Å². The molecule has 0 radical (unpaired) electrons. The number of hydrogen-bond donors (Lipinski definition) is 2. The van der Waals surface area contributed by atoms with Crippen LogP contribution in [0, 0.1) is 5.41 Å². The van der Waals surface area contributed by atoms with Crippen LogP contribution in [0.1, 0.15) is 31.7 Å². The molecule has 0 aliphatic heterocycles. The molecule has 0 spiro atoms. The summed E-state index contributed by atoms with van der Waals surface area (Å²) in [5, 5.41) is 4.97. The standard InChI is InChI=1S/C11H18N2OS/c1-8(9-5-4-6-15-9)13-10(14)11(2,3)7-12/h4-6,8H,7,12H2,1-3H3,(H,13,14)/t8-/m1/s1. The Balaban J connectivity index is 2.60. The maximum atomic E-state index is 11.8. The minimum atomic E-state index is -0.495. The number of amides is 1. The second kappa shape index (κ2) is 4.77. The molecule has 3 N–H and O–H groups in total. The van der Waals surface area contributed by atoms with Gasteiger partial charge in [-0.05, 0) is 32.2 Å². The Morgan fingerprint density at radius 2 is 2.33 bits per heavy atom. The molecule has 1 rings (SSSR count). The SMILES string of the molecule is C[C@@H](NC(=O)C(C)(C)CN)c1cccs1. The third kappa shape index (κ3) is 3.04. The maximum absolute atomic E-state index is 11.8. The number of rotatable bonds is 4. The van der Waals surface area contributed by atoms with Crippen LogP contribution in [0.4, 0.5) is 0 Å². The van der Waals surface area contributed by atoms with E-state index in [0.29, 0.717) is 6.54 Å². The third-order valence-corrected chi connectivity index (χ3v) is 3.50. The second-order valence-electron chi connectivity index (χ2n) is 4.30. The molecule has 0 saturated carbocycles. The highest BCUT2D eigenvalue weighted by Crippen LogP contribution is 2.20. The lowest BCUT2D eigenvalue weighted by atomic mass is 9.92. The summed E-state index contributed by atoms with van der Waals surface area (Å²) in [6.45, 7) is 6.04. The highest BCUT2D eigenvalue weighted by Gasteiger charge is 2.27. The summed E-state index contributed by atoms with van der Waals surface area (Å²) in [4.78, 5) is 13.0. The van der Waals surface area contributed by atoms with Gasteiger partial charge in [0.2, 0.25) is 5.91 Å². The van der Waals surface area contributed by atoms with Gasteiger partial charge in [-0.3, -0.25) is 4.79 Å². The van der Waals surface area contributed by atoms with E-state index in [4.69, 9.17) is 5.73 Å². The van der Waals surface area contributed by atoms with E-state index < -0.39 is 5.41 Å². The van der Waals surface area contributed by atoms with Crippen LogP contribution < -0.4 is 11.1 Å². The molecule has 3 nitrogen and oxygen atoms in total. The normalized spacial score (nSPS) is 13.6. The van der Waals surface area contributed by atoms with Gasteiger partial charge in [-0.2, -0.15) is 0 Å². The molecule has 1 aromatic heterocycles. The fraction of sp³-hybridized carbons (Fsp3) is 0.545. The highest BCUT2D eigenvalue weighted by atomic mass is 32.1. The zero-order valence-electron chi connectivity index (χ0n) is 9.41. The minimum absolute atomic E-state index is 0.00546. The van der Waals surface area contributed by atoms with Crippen molar-refractivity contribution in [3.8, 4) is 0 Å². The Morgan fingerprint density at radius 1 is 1.67 bits per heavy atom. The number of nitrogens with one attached hydrogen (secondary N) is 1. The van der Waals surface area contributed by atoms with Crippen LogP contribution in [0.2, 0.25) is 0 Å². The Hall–Kier alpha value is -0.870. The van der Waals surface area contributed by atoms with E-state index in [-0.39, 0.29) is 11.9 Å². The average Bonchev–Trinajstić information content (AvgIpc) is 2.70. The van der Waals surface area contributed by atoms with Crippen molar-refractivity contribution in [2.75, 3.05) is 6.54 Å². The Bertz CT molecular complexity index is 319. The lowest BCUT2D eigenvalue weighted by Crippen LogP contribution is -2.42. The highest BCUT2D eigenvalue weighted by molar-refractivity contribution is 7.10. The van der Waals surface area contributed by atoms with Crippen molar-refractivity contribution in [2.45, 2.75) is 26.8 Å². The van der Waals surface area contributed by atoms with Gasteiger partial charge < -0.3 is 11.1 Å². The fourth-order valence-electron chi connectivity index (χ4n) is 1.09. The molecule has 0 saturated heterocycles. The first-order valence-corrected chi connectivity index (χ1v) is 5.90. The quantitative estimate of drug-likeness (QED) is 0.824. The molecule has 1 heterocycles.